The number of amides is 1. The van der Waals surface area contributed by atoms with E-state index in [-0.39, 0.29) is 23.6 Å². The van der Waals surface area contributed by atoms with Gasteiger partial charge in [0.15, 0.2) is 0 Å². The molecule has 0 heterocycles. The number of nitrogens with two attached hydrogens (primary N) is 1. The van der Waals surface area contributed by atoms with Crippen molar-refractivity contribution in [3.05, 3.63) is 64.4 Å². The zero-order chi connectivity index (χ0) is 18.6. The maximum Gasteiger partial charge on any atom is 0.241 e. The molecule has 0 saturated carbocycles. The van der Waals surface area contributed by atoms with E-state index >= 15 is 0 Å². The van der Waals surface area contributed by atoms with Crippen LogP contribution in [0.15, 0.2) is 42.5 Å². The van der Waals surface area contributed by atoms with E-state index in [0.717, 1.165) is 5.56 Å². The lowest BCUT2D eigenvalue weighted by molar-refractivity contribution is -0.118. The minimum absolute atomic E-state index is 0.153. The number of nitrogens with one attached hydrogen (secondary N) is 1. The van der Waals surface area contributed by atoms with E-state index in [1.54, 1.807) is 24.3 Å². The van der Waals surface area contributed by atoms with Crippen molar-refractivity contribution in [1.29, 1.82) is 0 Å². The van der Waals surface area contributed by atoms with Crippen molar-refractivity contribution in [1.82, 2.24) is 0 Å². The second-order valence-electron chi connectivity index (χ2n) is 6.46. The lowest BCUT2D eigenvalue weighted by atomic mass is 9.82. The molecule has 0 aliphatic rings. The molecule has 134 valence electrons. The van der Waals surface area contributed by atoms with Crippen molar-refractivity contribution in [2.24, 2.45) is 11.7 Å². The standard InChI is InChI=1S/C20H24ClFN2O/c1-4-15-16(22)6-5-7-17(15)24-20(25)19(23)18(12(2)3)13-8-10-14(21)11-9-13/h5-12,18-19H,4,23H2,1-3H3,(H,24,25)/t18-,19+/m1/s1. The maximum atomic E-state index is 13.9. The smallest absolute Gasteiger partial charge is 0.241 e. The van der Waals surface area contributed by atoms with Crippen LogP contribution in [-0.2, 0) is 11.2 Å². The Morgan fingerprint density at radius 1 is 1.20 bits per heavy atom. The zero-order valence-electron chi connectivity index (χ0n) is 14.7. The van der Waals surface area contributed by atoms with E-state index in [4.69, 9.17) is 17.3 Å². The largest absolute Gasteiger partial charge is 0.324 e. The van der Waals surface area contributed by atoms with Crippen LogP contribution in [-0.4, -0.2) is 11.9 Å². The summed E-state index contributed by atoms with van der Waals surface area (Å²) in [5, 5.41) is 3.42. The molecule has 25 heavy (non-hydrogen) atoms. The van der Waals surface area contributed by atoms with Crippen LogP contribution in [0.2, 0.25) is 5.02 Å². The number of anilines is 1. The average molecular weight is 363 g/mol. The molecule has 0 unspecified atom stereocenters. The predicted octanol–water partition coefficient (Wildman–Crippen LogP) is 4.75. The van der Waals surface area contributed by atoms with Crippen LogP contribution in [0, 0.1) is 11.7 Å². The van der Waals surface area contributed by atoms with E-state index in [0.29, 0.717) is 22.7 Å². The Labute approximate surface area is 153 Å². The van der Waals surface area contributed by atoms with Gasteiger partial charge < -0.3 is 11.1 Å². The quantitative estimate of drug-likeness (QED) is 0.779. The van der Waals surface area contributed by atoms with Gasteiger partial charge in [-0.3, -0.25) is 4.79 Å². The van der Waals surface area contributed by atoms with Gasteiger partial charge in [-0.25, -0.2) is 4.39 Å². The fourth-order valence-corrected chi connectivity index (χ4v) is 3.23. The van der Waals surface area contributed by atoms with Crippen LogP contribution in [0.1, 0.15) is 37.8 Å². The molecule has 0 saturated heterocycles. The average Bonchev–Trinajstić information content (AvgIpc) is 2.56. The highest BCUT2D eigenvalue weighted by atomic mass is 35.5. The van der Waals surface area contributed by atoms with Gasteiger partial charge in [0.25, 0.3) is 0 Å². The predicted molar refractivity (Wildman–Crippen MR) is 101 cm³/mol. The number of rotatable bonds is 6. The monoisotopic (exact) mass is 362 g/mol. The number of carbonyl (C=O) groups is 1. The van der Waals surface area contributed by atoms with Crippen molar-refractivity contribution >= 4 is 23.2 Å². The summed E-state index contributed by atoms with van der Waals surface area (Å²) in [6.45, 7) is 5.89. The maximum absolute atomic E-state index is 13.9. The summed E-state index contributed by atoms with van der Waals surface area (Å²) in [6, 6.07) is 11.3. The Morgan fingerprint density at radius 2 is 1.84 bits per heavy atom. The molecule has 2 rings (SSSR count). The number of halogens is 2. The summed E-state index contributed by atoms with van der Waals surface area (Å²) in [5.41, 5.74) is 8.18. The van der Waals surface area contributed by atoms with Gasteiger partial charge in [-0.15, -0.1) is 0 Å². The minimum atomic E-state index is -0.755. The molecule has 0 bridgehead atoms. The molecular formula is C20H24ClFN2O. The molecule has 2 aromatic rings. The third kappa shape index (κ3) is 4.59. The van der Waals surface area contributed by atoms with Crippen LogP contribution in [0.4, 0.5) is 10.1 Å². The minimum Gasteiger partial charge on any atom is -0.324 e. The van der Waals surface area contributed by atoms with Gasteiger partial charge in [0.2, 0.25) is 5.91 Å². The topological polar surface area (TPSA) is 55.1 Å². The van der Waals surface area contributed by atoms with Crippen LogP contribution >= 0.6 is 11.6 Å². The first kappa shape index (κ1) is 19.4. The van der Waals surface area contributed by atoms with Gasteiger partial charge in [0.05, 0.1) is 6.04 Å². The van der Waals surface area contributed by atoms with Crippen LogP contribution in [0.3, 0.4) is 0 Å². The van der Waals surface area contributed by atoms with Crippen LogP contribution in [0.25, 0.3) is 0 Å². The molecule has 3 nitrogen and oxygen atoms in total. The van der Waals surface area contributed by atoms with E-state index in [1.807, 2.05) is 32.9 Å². The fraction of sp³-hybridized carbons (Fsp3) is 0.350. The highest BCUT2D eigenvalue weighted by Crippen LogP contribution is 2.29. The SMILES string of the molecule is CCc1c(F)cccc1NC(=O)[C@@H](N)[C@@H](c1ccc(Cl)cc1)C(C)C. The van der Waals surface area contributed by atoms with Gasteiger partial charge in [-0.1, -0.05) is 50.6 Å². The van der Waals surface area contributed by atoms with Crippen molar-refractivity contribution in [3.63, 3.8) is 0 Å². The fourth-order valence-electron chi connectivity index (χ4n) is 3.11. The Morgan fingerprint density at radius 3 is 2.40 bits per heavy atom. The van der Waals surface area contributed by atoms with Crippen molar-refractivity contribution in [2.75, 3.05) is 5.32 Å². The number of benzene rings is 2. The number of carbonyl (C=O) groups excluding carboxylic acids is 1. The van der Waals surface area contributed by atoms with Crippen molar-refractivity contribution in [3.8, 4) is 0 Å². The third-order valence-electron chi connectivity index (χ3n) is 4.39. The molecule has 0 spiro atoms. The van der Waals surface area contributed by atoms with Gasteiger partial charge in [0.1, 0.15) is 5.82 Å². The molecule has 0 aromatic heterocycles. The Bertz CT molecular complexity index is 731. The summed E-state index contributed by atoms with van der Waals surface area (Å²) in [5.74, 6) is -0.670. The van der Waals surface area contributed by atoms with E-state index < -0.39 is 6.04 Å². The summed E-state index contributed by atoms with van der Waals surface area (Å²) >= 11 is 5.95. The summed E-state index contributed by atoms with van der Waals surface area (Å²) in [4.78, 5) is 12.7. The van der Waals surface area contributed by atoms with Crippen molar-refractivity contribution in [2.45, 2.75) is 39.2 Å². The second kappa shape index (κ2) is 8.45. The molecule has 3 N–H and O–H groups in total. The van der Waals surface area contributed by atoms with E-state index in [9.17, 15) is 9.18 Å². The first-order chi connectivity index (χ1) is 11.8. The van der Waals surface area contributed by atoms with Crippen LogP contribution in [0.5, 0.6) is 0 Å². The van der Waals surface area contributed by atoms with Gasteiger partial charge >= 0.3 is 0 Å². The Balaban J connectivity index is 2.25. The highest BCUT2D eigenvalue weighted by molar-refractivity contribution is 6.30. The lowest BCUT2D eigenvalue weighted by Crippen LogP contribution is -2.42. The highest BCUT2D eigenvalue weighted by Gasteiger charge is 2.29. The molecule has 0 radical (unpaired) electrons. The number of hydrogen-bond acceptors (Lipinski definition) is 2. The van der Waals surface area contributed by atoms with Gasteiger partial charge in [-0.2, -0.15) is 0 Å². The van der Waals surface area contributed by atoms with E-state index in [2.05, 4.69) is 5.32 Å². The molecule has 1 amide bonds. The summed E-state index contributed by atoms with van der Waals surface area (Å²) in [6.07, 6.45) is 0.488. The lowest BCUT2D eigenvalue weighted by Gasteiger charge is -2.27. The number of hydrogen-bond donors (Lipinski definition) is 2. The first-order valence-corrected chi connectivity index (χ1v) is 8.82. The van der Waals surface area contributed by atoms with Gasteiger partial charge in [0, 0.05) is 22.2 Å². The van der Waals surface area contributed by atoms with Crippen molar-refractivity contribution < 1.29 is 9.18 Å². The van der Waals surface area contributed by atoms with Gasteiger partial charge in [-0.05, 0) is 42.2 Å². The Hall–Kier alpha value is -1.91. The second-order valence-corrected chi connectivity index (χ2v) is 6.89. The third-order valence-corrected chi connectivity index (χ3v) is 4.65. The summed E-state index contributed by atoms with van der Waals surface area (Å²) in [7, 11) is 0. The molecule has 0 fully saturated rings. The molecule has 2 aromatic carbocycles. The normalized spacial score (nSPS) is 13.6. The molecule has 0 aliphatic heterocycles. The molecular weight excluding hydrogens is 339 g/mol. The van der Waals surface area contributed by atoms with Crippen LogP contribution < -0.4 is 11.1 Å². The first-order valence-electron chi connectivity index (χ1n) is 8.44. The molecule has 0 aliphatic carbocycles. The molecule has 5 heteroatoms. The molecule has 2 atom stereocenters. The van der Waals surface area contributed by atoms with E-state index in [1.165, 1.54) is 6.07 Å². The zero-order valence-corrected chi connectivity index (χ0v) is 15.5. The summed E-state index contributed by atoms with van der Waals surface area (Å²) < 4.78 is 13.9. The Kier molecular flexibility index (Phi) is 6.57.